The van der Waals surface area contributed by atoms with E-state index in [1.807, 2.05) is 11.3 Å². The predicted octanol–water partition coefficient (Wildman–Crippen LogP) is 3.04. The summed E-state index contributed by atoms with van der Waals surface area (Å²) in [4.78, 5) is 1.56. The van der Waals surface area contributed by atoms with E-state index in [2.05, 4.69) is 33.6 Å². The third-order valence-electron chi connectivity index (χ3n) is 2.67. The Morgan fingerprint density at radius 3 is 3.14 bits per heavy atom. The summed E-state index contributed by atoms with van der Waals surface area (Å²) in [5.41, 5.74) is 2.90. The zero-order valence-electron chi connectivity index (χ0n) is 7.69. The lowest BCUT2D eigenvalue weighted by Crippen LogP contribution is -2.29. The van der Waals surface area contributed by atoms with Crippen molar-refractivity contribution in [1.82, 2.24) is 5.32 Å². The molecule has 0 aliphatic carbocycles. The lowest BCUT2D eigenvalue weighted by atomic mass is 9.98. The third-order valence-corrected chi connectivity index (χ3v) is 4.37. The Morgan fingerprint density at radius 1 is 1.29 bits per heavy atom. The summed E-state index contributed by atoms with van der Waals surface area (Å²) >= 11 is 3.66. The summed E-state index contributed by atoms with van der Waals surface area (Å²) in [6.45, 7) is 1.11. The van der Waals surface area contributed by atoms with Crippen molar-refractivity contribution in [3.8, 4) is 0 Å². The highest BCUT2D eigenvalue weighted by atomic mass is 32.1. The molecule has 72 valence electrons. The quantitative estimate of drug-likeness (QED) is 0.780. The summed E-state index contributed by atoms with van der Waals surface area (Å²) in [6, 6.07) is 4.92. The Hall–Kier alpha value is -0.640. The van der Waals surface area contributed by atoms with E-state index in [1.54, 1.807) is 16.2 Å². The molecule has 0 aromatic carbocycles. The van der Waals surface area contributed by atoms with E-state index in [0.717, 1.165) is 6.54 Å². The second-order valence-electron chi connectivity index (χ2n) is 3.49. The number of nitrogens with one attached hydrogen (secondary N) is 1. The largest absolute Gasteiger partial charge is 0.306 e. The summed E-state index contributed by atoms with van der Waals surface area (Å²) in [6.07, 6.45) is 1.19. The molecule has 1 aliphatic heterocycles. The van der Waals surface area contributed by atoms with E-state index in [4.69, 9.17) is 0 Å². The minimum absolute atomic E-state index is 0.441. The van der Waals surface area contributed by atoms with Crippen LogP contribution in [0.5, 0.6) is 0 Å². The van der Waals surface area contributed by atoms with Crippen LogP contribution in [-0.4, -0.2) is 6.54 Å². The van der Waals surface area contributed by atoms with Crippen molar-refractivity contribution in [2.45, 2.75) is 12.5 Å². The van der Waals surface area contributed by atoms with Crippen LogP contribution in [0.1, 0.15) is 22.0 Å². The van der Waals surface area contributed by atoms with Crippen molar-refractivity contribution in [3.63, 3.8) is 0 Å². The first-order chi connectivity index (χ1) is 6.95. The molecule has 0 saturated carbocycles. The molecule has 0 saturated heterocycles. The Morgan fingerprint density at radius 2 is 2.29 bits per heavy atom. The highest BCUT2D eigenvalue weighted by Crippen LogP contribution is 2.32. The van der Waals surface area contributed by atoms with Crippen LogP contribution in [0.2, 0.25) is 0 Å². The molecule has 1 atom stereocenters. The molecule has 1 unspecified atom stereocenters. The maximum Gasteiger partial charge on any atom is 0.0596 e. The van der Waals surface area contributed by atoms with E-state index in [-0.39, 0.29) is 0 Å². The van der Waals surface area contributed by atoms with E-state index in [9.17, 15) is 0 Å². The molecular formula is C11H11NS2. The highest BCUT2D eigenvalue weighted by Gasteiger charge is 2.21. The topological polar surface area (TPSA) is 12.0 Å². The fraction of sp³-hybridized carbons (Fsp3) is 0.273. The molecule has 2 aromatic rings. The molecule has 1 aliphatic rings. The van der Waals surface area contributed by atoms with E-state index in [0.29, 0.717) is 6.04 Å². The number of hydrogen-bond donors (Lipinski definition) is 1. The van der Waals surface area contributed by atoms with Crippen molar-refractivity contribution < 1.29 is 0 Å². The fourth-order valence-electron chi connectivity index (χ4n) is 1.99. The van der Waals surface area contributed by atoms with Crippen molar-refractivity contribution in [1.29, 1.82) is 0 Å². The van der Waals surface area contributed by atoms with E-state index < -0.39 is 0 Å². The fourth-order valence-corrected chi connectivity index (χ4v) is 3.59. The van der Waals surface area contributed by atoms with E-state index in [1.165, 1.54) is 17.5 Å². The molecule has 0 fully saturated rings. The Kier molecular flexibility index (Phi) is 2.16. The van der Waals surface area contributed by atoms with Gasteiger partial charge in [-0.3, -0.25) is 0 Å². The Labute approximate surface area is 91.4 Å². The van der Waals surface area contributed by atoms with Gasteiger partial charge in [-0.05, 0) is 45.8 Å². The van der Waals surface area contributed by atoms with Gasteiger partial charge in [-0.2, -0.15) is 11.3 Å². The summed E-state index contributed by atoms with van der Waals surface area (Å²) in [7, 11) is 0. The van der Waals surface area contributed by atoms with Crippen LogP contribution in [0.15, 0.2) is 28.3 Å². The van der Waals surface area contributed by atoms with Gasteiger partial charge in [0.15, 0.2) is 0 Å². The summed E-state index contributed by atoms with van der Waals surface area (Å²) in [5.74, 6) is 0. The maximum absolute atomic E-state index is 3.58. The summed E-state index contributed by atoms with van der Waals surface area (Å²) < 4.78 is 0. The van der Waals surface area contributed by atoms with Crippen molar-refractivity contribution >= 4 is 22.7 Å². The molecule has 0 bridgehead atoms. The predicted molar refractivity (Wildman–Crippen MR) is 62.2 cm³/mol. The van der Waals surface area contributed by atoms with Gasteiger partial charge in [0.2, 0.25) is 0 Å². The lowest BCUT2D eigenvalue weighted by Gasteiger charge is -2.23. The number of thiophene rings is 2. The van der Waals surface area contributed by atoms with E-state index >= 15 is 0 Å². The molecule has 0 radical (unpaired) electrons. The van der Waals surface area contributed by atoms with Crippen LogP contribution in [0.3, 0.4) is 0 Å². The number of fused-ring (bicyclic) bond motifs is 1. The SMILES string of the molecule is c1cc(C2NCCc3sccc32)cs1. The summed E-state index contributed by atoms with van der Waals surface area (Å²) in [5, 5.41) is 10.2. The second kappa shape index (κ2) is 3.50. The number of hydrogen-bond acceptors (Lipinski definition) is 3. The zero-order chi connectivity index (χ0) is 9.38. The van der Waals surface area contributed by atoms with Gasteiger partial charge in [0.1, 0.15) is 0 Å². The van der Waals surface area contributed by atoms with Gasteiger partial charge in [-0.25, -0.2) is 0 Å². The molecule has 2 aromatic heterocycles. The Bertz CT molecular complexity index is 416. The molecule has 3 heterocycles. The maximum atomic E-state index is 3.58. The molecule has 0 amide bonds. The van der Waals surface area contributed by atoms with Crippen molar-refractivity contribution in [2.75, 3.05) is 6.54 Å². The van der Waals surface area contributed by atoms with Crippen LogP contribution >= 0.6 is 22.7 Å². The Balaban J connectivity index is 2.04. The van der Waals surface area contributed by atoms with Gasteiger partial charge >= 0.3 is 0 Å². The highest BCUT2D eigenvalue weighted by molar-refractivity contribution is 7.10. The van der Waals surface area contributed by atoms with Crippen molar-refractivity contribution in [3.05, 3.63) is 44.3 Å². The van der Waals surface area contributed by atoms with Gasteiger partial charge in [0.05, 0.1) is 6.04 Å². The van der Waals surface area contributed by atoms with Crippen molar-refractivity contribution in [2.24, 2.45) is 0 Å². The molecule has 1 nitrogen and oxygen atoms in total. The smallest absolute Gasteiger partial charge is 0.0596 e. The average Bonchev–Trinajstić information content (AvgIpc) is 2.88. The molecule has 14 heavy (non-hydrogen) atoms. The van der Waals surface area contributed by atoms with Gasteiger partial charge in [-0.1, -0.05) is 0 Å². The zero-order valence-corrected chi connectivity index (χ0v) is 9.33. The molecule has 1 N–H and O–H groups in total. The normalized spacial score (nSPS) is 20.7. The average molecular weight is 221 g/mol. The standard InChI is InChI=1S/C11H11NS2/c1-4-12-11(8-2-5-13-7-8)9-3-6-14-10(1)9/h2-3,5-7,11-12H,1,4H2. The van der Waals surface area contributed by atoms with Crippen LogP contribution in [0.4, 0.5) is 0 Å². The second-order valence-corrected chi connectivity index (χ2v) is 5.27. The monoisotopic (exact) mass is 221 g/mol. The van der Waals surface area contributed by atoms with Gasteiger partial charge in [0, 0.05) is 11.4 Å². The first-order valence-corrected chi connectivity index (χ1v) is 6.59. The molecule has 3 rings (SSSR count). The molecule has 3 heteroatoms. The lowest BCUT2D eigenvalue weighted by molar-refractivity contribution is 0.576. The number of rotatable bonds is 1. The van der Waals surface area contributed by atoms with Gasteiger partial charge < -0.3 is 5.32 Å². The minimum atomic E-state index is 0.441. The minimum Gasteiger partial charge on any atom is -0.306 e. The van der Waals surface area contributed by atoms with Crippen LogP contribution in [0.25, 0.3) is 0 Å². The van der Waals surface area contributed by atoms with Gasteiger partial charge in [0.25, 0.3) is 0 Å². The molecular weight excluding hydrogens is 210 g/mol. The van der Waals surface area contributed by atoms with Crippen LogP contribution in [0, 0.1) is 0 Å². The molecule has 0 spiro atoms. The first-order valence-electron chi connectivity index (χ1n) is 4.77. The van der Waals surface area contributed by atoms with Gasteiger partial charge in [-0.15, -0.1) is 11.3 Å². The third kappa shape index (κ3) is 1.32. The van der Waals surface area contributed by atoms with Crippen LogP contribution in [-0.2, 0) is 6.42 Å². The van der Waals surface area contributed by atoms with Crippen LogP contribution < -0.4 is 5.32 Å². The first kappa shape index (κ1) is 8.65.